The summed E-state index contributed by atoms with van der Waals surface area (Å²) in [6, 6.07) is 13.2. The minimum atomic E-state index is -1.30. The lowest BCUT2D eigenvalue weighted by Gasteiger charge is -2.09. The fraction of sp³-hybridized carbons (Fsp3) is 0.111. The van der Waals surface area contributed by atoms with Gasteiger partial charge in [0.15, 0.2) is 0 Å². The lowest BCUT2D eigenvalue weighted by atomic mass is 10.1. The zero-order valence-corrected chi connectivity index (χ0v) is 13.2. The number of hydrogen-bond donors (Lipinski definition) is 1. The Balaban J connectivity index is 2.09. The molecular formula is C18H15FN2O3. The Hall–Kier alpha value is -3.15. The first kappa shape index (κ1) is 15.7. The predicted molar refractivity (Wildman–Crippen MR) is 87.2 cm³/mol. The molecule has 0 fully saturated rings. The van der Waals surface area contributed by atoms with Crippen molar-refractivity contribution in [1.82, 2.24) is 9.78 Å². The molecular weight excluding hydrogens is 311 g/mol. The van der Waals surface area contributed by atoms with Crippen molar-refractivity contribution in [2.45, 2.75) is 6.92 Å². The van der Waals surface area contributed by atoms with Crippen LogP contribution in [0.5, 0.6) is 5.75 Å². The second kappa shape index (κ2) is 6.16. The molecule has 3 rings (SSSR count). The number of benzene rings is 2. The molecule has 2 aromatic carbocycles. The summed E-state index contributed by atoms with van der Waals surface area (Å²) in [7, 11) is 1.59. The zero-order valence-electron chi connectivity index (χ0n) is 13.2. The molecule has 24 heavy (non-hydrogen) atoms. The molecule has 0 bridgehead atoms. The quantitative estimate of drug-likeness (QED) is 0.794. The van der Waals surface area contributed by atoms with Crippen LogP contribution in [0.2, 0.25) is 0 Å². The molecule has 3 aromatic rings. The van der Waals surface area contributed by atoms with Gasteiger partial charge in [-0.1, -0.05) is 0 Å². The maximum absolute atomic E-state index is 14.0. The van der Waals surface area contributed by atoms with Crippen LogP contribution in [-0.2, 0) is 0 Å². The molecule has 122 valence electrons. The molecule has 0 saturated heterocycles. The second-order valence-corrected chi connectivity index (χ2v) is 5.28. The number of aryl methyl sites for hydroxylation is 1. The van der Waals surface area contributed by atoms with Gasteiger partial charge in [-0.3, -0.25) is 0 Å². The lowest BCUT2D eigenvalue weighted by Crippen LogP contribution is -2.04. The maximum Gasteiger partial charge on any atom is 0.338 e. The van der Waals surface area contributed by atoms with Gasteiger partial charge in [-0.15, -0.1) is 0 Å². The summed E-state index contributed by atoms with van der Waals surface area (Å²) in [6.07, 6.45) is 0. The minimum absolute atomic E-state index is 0.367. The minimum Gasteiger partial charge on any atom is -0.497 e. The first-order valence-corrected chi connectivity index (χ1v) is 7.24. The van der Waals surface area contributed by atoms with Crippen LogP contribution in [0, 0.1) is 12.7 Å². The van der Waals surface area contributed by atoms with E-state index in [1.54, 1.807) is 11.8 Å². The van der Waals surface area contributed by atoms with Gasteiger partial charge in [-0.25, -0.2) is 13.9 Å². The number of ether oxygens (including phenoxy) is 1. The molecule has 0 aliphatic rings. The Morgan fingerprint density at radius 3 is 2.46 bits per heavy atom. The van der Waals surface area contributed by atoms with E-state index in [0.29, 0.717) is 5.69 Å². The first-order valence-electron chi connectivity index (χ1n) is 7.24. The highest BCUT2D eigenvalue weighted by Gasteiger charge is 2.14. The van der Waals surface area contributed by atoms with Crippen molar-refractivity contribution in [3.8, 4) is 22.7 Å². The van der Waals surface area contributed by atoms with Crippen LogP contribution in [0.1, 0.15) is 16.1 Å². The molecule has 0 atom stereocenters. The van der Waals surface area contributed by atoms with Crippen LogP contribution in [0.25, 0.3) is 16.9 Å². The second-order valence-electron chi connectivity index (χ2n) is 5.28. The molecule has 0 spiro atoms. The molecule has 0 amide bonds. The number of hydrogen-bond acceptors (Lipinski definition) is 3. The van der Waals surface area contributed by atoms with Crippen LogP contribution in [0.15, 0.2) is 48.5 Å². The van der Waals surface area contributed by atoms with Crippen molar-refractivity contribution < 1.29 is 19.0 Å². The van der Waals surface area contributed by atoms with E-state index in [9.17, 15) is 9.18 Å². The van der Waals surface area contributed by atoms with Crippen LogP contribution >= 0.6 is 0 Å². The number of aromatic nitrogens is 2. The van der Waals surface area contributed by atoms with E-state index in [-0.39, 0.29) is 5.56 Å². The van der Waals surface area contributed by atoms with E-state index >= 15 is 0 Å². The summed E-state index contributed by atoms with van der Waals surface area (Å²) in [5.41, 5.74) is 2.52. The average Bonchev–Trinajstić information content (AvgIpc) is 2.96. The number of nitrogens with zero attached hydrogens (tertiary/aromatic N) is 2. The first-order chi connectivity index (χ1) is 11.5. The smallest absolute Gasteiger partial charge is 0.338 e. The third-order valence-electron chi connectivity index (χ3n) is 3.64. The molecule has 1 N–H and O–H groups in total. The molecule has 5 nitrogen and oxygen atoms in total. The van der Waals surface area contributed by atoms with E-state index < -0.39 is 11.8 Å². The summed E-state index contributed by atoms with van der Waals surface area (Å²) < 4.78 is 20.7. The normalized spacial score (nSPS) is 10.6. The molecule has 1 aromatic heterocycles. The molecule has 0 saturated carbocycles. The van der Waals surface area contributed by atoms with Crippen molar-refractivity contribution in [3.05, 3.63) is 65.6 Å². The van der Waals surface area contributed by atoms with Gasteiger partial charge in [0.25, 0.3) is 0 Å². The van der Waals surface area contributed by atoms with Crippen LogP contribution in [-0.4, -0.2) is 28.0 Å². The molecule has 0 radical (unpaired) electrons. The van der Waals surface area contributed by atoms with Gasteiger partial charge in [0.2, 0.25) is 0 Å². The Morgan fingerprint density at radius 1 is 1.17 bits per heavy atom. The Bertz CT molecular complexity index is 901. The highest BCUT2D eigenvalue weighted by Crippen LogP contribution is 2.26. The van der Waals surface area contributed by atoms with Gasteiger partial charge in [0.1, 0.15) is 11.6 Å². The Morgan fingerprint density at radius 2 is 1.88 bits per heavy atom. The third-order valence-corrected chi connectivity index (χ3v) is 3.64. The van der Waals surface area contributed by atoms with E-state index in [2.05, 4.69) is 5.10 Å². The third kappa shape index (κ3) is 2.86. The van der Waals surface area contributed by atoms with Crippen molar-refractivity contribution >= 4 is 5.97 Å². The van der Waals surface area contributed by atoms with Crippen LogP contribution < -0.4 is 4.74 Å². The number of carbonyl (C=O) groups is 1. The van der Waals surface area contributed by atoms with Crippen LogP contribution in [0.3, 0.4) is 0 Å². The zero-order chi connectivity index (χ0) is 17.3. The number of methoxy groups -OCH3 is 1. The van der Waals surface area contributed by atoms with Crippen molar-refractivity contribution in [3.63, 3.8) is 0 Å². The summed E-state index contributed by atoms with van der Waals surface area (Å²) in [4.78, 5) is 10.9. The lowest BCUT2D eigenvalue weighted by molar-refractivity contribution is 0.0692. The number of rotatable bonds is 4. The molecule has 0 unspecified atom stereocenters. The average molecular weight is 326 g/mol. The van der Waals surface area contributed by atoms with Gasteiger partial charge in [0, 0.05) is 11.6 Å². The Labute approximate surface area is 137 Å². The molecule has 6 heteroatoms. The maximum atomic E-state index is 14.0. The van der Waals surface area contributed by atoms with Crippen molar-refractivity contribution in [2.24, 2.45) is 0 Å². The fourth-order valence-electron chi connectivity index (χ4n) is 2.47. The fourth-order valence-corrected chi connectivity index (χ4v) is 2.47. The van der Waals surface area contributed by atoms with Gasteiger partial charge in [-0.2, -0.15) is 5.10 Å². The van der Waals surface area contributed by atoms with Gasteiger partial charge >= 0.3 is 5.97 Å². The number of carboxylic acids is 1. The summed E-state index contributed by atoms with van der Waals surface area (Å²) in [6.45, 7) is 1.84. The number of carboxylic acid groups (broad SMARTS) is 1. The van der Waals surface area contributed by atoms with Gasteiger partial charge in [0.05, 0.1) is 29.7 Å². The highest BCUT2D eigenvalue weighted by molar-refractivity contribution is 5.88. The highest BCUT2D eigenvalue weighted by atomic mass is 19.1. The predicted octanol–water partition coefficient (Wildman–Crippen LogP) is 3.69. The van der Waals surface area contributed by atoms with Gasteiger partial charge in [-0.05, 0) is 49.4 Å². The van der Waals surface area contributed by atoms with E-state index in [4.69, 9.17) is 9.84 Å². The van der Waals surface area contributed by atoms with E-state index in [1.807, 2.05) is 37.3 Å². The van der Waals surface area contributed by atoms with Crippen LogP contribution in [0.4, 0.5) is 4.39 Å². The summed E-state index contributed by atoms with van der Waals surface area (Å²) in [5.74, 6) is -1.36. The van der Waals surface area contributed by atoms with Gasteiger partial charge < -0.3 is 9.84 Å². The number of halogens is 1. The summed E-state index contributed by atoms with van der Waals surface area (Å²) >= 11 is 0. The standard InChI is InChI=1S/C18H15FN2O3/c1-11-9-17(12-3-6-14(24-2)7-4-12)21(20-11)13-5-8-15(18(22)23)16(19)10-13/h3-10H,1-2H3,(H,22,23). The SMILES string of the molecule is COc1ccc(-c2cc(C)nn2-c2ccc(C(=O)O)c(F)c2)cc1. The van der Waals surface area contributed by atoms with E-state index in [1.165, 1.54) is 18.2 Å². The topological polar surface area (TPSA) is 64.4 Å². The van der Waals surface area contributed by atoms with Crippen molar-refractivity contribution in [1.29, 1.82) is 0 Å². The summed E-state index contributed by atoms with van der Waals surface area (Å²) in [5, 5.41) is 13.3. The largest absolute Gasteiger partial charge is 0.497 e. The Kier molecular flexibility index (Phi) is 4.04. The van der Waals surface area contributed by atoms with E-state index in [0.717, 1.165) is 22.7 Å². The number of aromatic carboxylic acids is 1. The van der Waals surface area contributed by atoms with Crippen molar-refractivity contribution in [2.75, 3.05) is 7.11 Å². The molecule has 0 aliphatic heterocycles. The molecule has 0 aliphatic carbocycles. The molecule has 1 heterocycles. The monoisotopic (exact) mass is 326 g/mol.